The molecule has 0 bridgehead atoms. The molecule has 1 N–H and O–H groups in total. The SMILES string of the molecule is Cc1ccc(S(=O)(=O)N(C)c2ccccc2C(=O)NCc2ccccc2Cl)cc1. The van der Waals surface area contributed by atoms with Crippen LogP contribution in [0.4, 0.5) is 5.69 Å². The minimum atomic E-state index is -3.81. The van der Waals surface area contributed by atoms with E-state index in [2.05, 4.69) is 5.32 Å². The number of carbonyl (C=O) groups excluding carboxylic acids is 1. The molecule has 0 spiro atoms. The first-order valence-corrected chi connectivity index (χ1v) is 10.8. The van der Waals surface area contributed by atoms with Gasteiger partial charge in [0.1, 0.15) is 0 Å². The second-order valence-electron chi connectivity index (χ2n) is 6.58. The highest BCUT2D eigenvalue weighted by Crippen LogP contribution is 2.26. The predicted octanol–water partition coefficient (Wildman–Crippen LogP) is 4.40. The highest BCUT2D eigenvalue weighted by Gasteiger charge is 2.25. The Hall–Kier alpha value is -2.83. The number of aryl methyl sites for hydroxylation is 1. The molecule has 7 heteroatoms. The van der Waals surface area contributed by atoms with Crippen molar-refractivity contribution in [1.29, 1.82) is 0 Å². The highest BCUT2D eigenvalue weighted by molar-refractivity contribution is 7.92. The summed E-state index contributed by atoms with van der Waals surface area (Å²) in [4.78, 5) is 13.0. The standard InChI is InChI=1S/C22H21ClN2O3S/c1-16-11-13-18(14-12-16)29(27,28)25(2)21-10-6-4-8-19(21)22(26)24-15-17-7-3-5-9-20(17)23/h3-14H,15H2,1-2H3,(H,24,26). The van der Waals surface area contributed by atoms with Gasteiger partial charge in [0.15, 0.2) is 0 Å². The largest absolute Gasteiger partial charge is 0.348 e. The first kappa shape index (κ1) is 20.9. The number of nitrogens with zero attached hydrogens (tertiary/aromatic N) is 1. The second-order valence-corrected chi connectivity index (χ2v) is 8.95. The minimum absolute atomic E-state index is 0.164. The number of sulfonamides is 1. The summed E-state index contributed by atoms with van der Waals surface area (Å²) in [6.45, 7) is 2.13. The van der Waals surface area contributed by atoms with E-state index in [0.717, 1.165) is 15.4 Å². The fourth-order valence-corrected chi connectivity index (χ4v) is 4.27. The highest BCUT2D eigenvalue weighted by atomic mass is 35.5. The summed E-state index contributed by atoms with van der Waals surface area (Å²) in [6.07, 6.45) is 0. The Bertz CT molecular complexity index is 1130. The number of amides is 1. The van der Waals surface area contributed by atoms with Crippen molar-refractivity contribution < 1.29 is 13.2 Å². The number of para-hydroxylation sites is 1. The van der Waals surface area contributed by atoms with Crippen LogP contribution in [0.1, 0.15) is 21.5 Å². The van der Waals surface area contributed by atoms with Gasteiger partial charge in [-0.15, -0.1) is 0 Å². The van der Waals surface area contributed by atoms with Gasteiger partial charge >= 0.3 is 0 Å². The minimum Gasteiger partial charge on any atom is -0.348 e. The number of anilines is 1. The Morgan fingerprint density at radius 1 is 0.966 bits per heavy atom. The molecule has 0 radical (unpaired) electrons. The average Bonchev–Trinajstić information content (AvgIpc) is 2.72. The van der Waals surface area contributed by atoms with Crippen LogP contribution in [-0.2, 0) is 16.6 Å². The first-order valence-electron chi connectivity index (χ1n) is 8.97. The topological polar surface area (TPSA) is 66.5 Å². The van der Waals surface area contributed by atoms with Gasteiger partial charge in [-0.2, -0.15) is 0 Å². The molecule has 0 atom stereocenters. The lowest BCUT2D eigenvalue weighted by Crippen LogP contribution is -2.30. The number of benzene rings is 3. The van der Waals surface area contributed by atoms with Crippen molar-refractivity contribution in [2.24, 2.45) is 0 Å². The maximum atomic E-state index is 13.0. The van der Waals surface area contributed by atoms with Gasteiger partial charge in [0.05, 0.1) is 16.1 Å². The Morgan fingerprint density at radius 3 is 2.28 bits per heavy atom. The lowest BCUT2D eigenvalue weighted by atomic mass is 10.1. The van der Waals surface area contributed by atoms with E-state index in [1.54, 1.807) is 54.6 Å². The number of hydrogen-bond acceptors (Lipinski definition) is 3. The molecule has 0 aliphatic rings. The average molecular weight is 429 g/mol. The van der Waals surface area contributed by atoms with Crippen molar-refractivity contribution in [2.75, 3.05) is 11.4 Å². The maximum Gasteiger partial charge on any atom is 0.264 e. The predicted molar refractivity (Wildman–Crippen MR) is 116 cm³/mol. The van der Waals surface area contributed by atoms with Crippen molar-refractivity contribution in [2.45, 2.75) is 18.4 Å². The van der Waals surface area contributed by atoms with Crippen molar-refractivity contribution in [1.82, 2.24) is 5.32 Å². The first-order chi connectivity index (χ1) is 13.8. The van der Waals surface area contributed by atoms with Crippen LogP contribution >= 0.6 is 11.6 Å². The van der Waals surface area contributed by atoms with E-state index in [1.807, 2.05) is 25.1 Å². The van der Waals surface area contributed by atoms with Crippen molar-refractivity contribution in [3.8, 4) is 0 Å². The monoisotopic (exact) mass is 428 g/mol. The van der Waals surface area contributed by atoms with Crippen LogP contribution in [0.5, 0.6) is 0 Å². The normalized spacial score (nSPS) is 11.1. The van der Waals surface area contributed by atoms with Gasteiger partial charge in [0.25, 0.3) is 15.9 Å². The maximum absolute atomic E-state index is 13.0. The lowest BCUT2D eigenvalue weighted by molar-refractivity contribution is 0.0951. The van der Waals surface area contributed by atoms with Crippen LogP contribution in [0.2, 0.25) is 5.02 Å². The Morgan fingerprint density at radius 2 is 1.59 bits per heavy atom. The van der Waals surface area contributed by atoms with Gasteiger partial charge in [-0.25, -0.2) is 8.42 Å². The molecule has 0 aromatic heterocycles. The Kier molecular flexibility index (Phi) is 6.25. The van der Waals surface area contributed by atoms with Crippen molar-refractivity contribution in [3.05, 3.63) is 94.5 Å². The molecule has 0 fully saturated rings. The summed E-state index contributed by atoms with van der Waals surface area (Å²) in [5.74, 6) is -0.383. The third kappa shape index (κ3) is 4.60. The van der Waals surface area contributed by atoms with Crippen LogP contribution in [0.25, 0.3) is 0 Å². The second kappa shape index (κ2) is 8.68. The fraction of sp³-hybridized carbons (Fsp3) is 0.136. The van der Waals surface area contributed by atoms with Gasteiger partial charge in [0.2, 0.25) is 0 Å². The summed E-state index contributed by atoms with van der Waals surface area (Å²) in [5.41, 5.74) is 2.30. The van der Waals surface area contributed by atoms with Crippen LogP contribution in [-0.4, -0.2) is 21.4 Å². The third-order valence-electron chi connectivity index (χ3n) is 4.56. The van der Waals surface area contributed by atoms with E-state index in [-0.39, 0.29) is 22.9 Å². The van der Waals surface area contributed by atoms with Gasteiger partial charge < -0.3 is 5.32 Å². The number of halogens is 1. The van der Waals surface area contributed by atoms with Crippen molar-refractivity contribution in [3.63, 3.8) is 0 Å². The summed E-state index contributed by atoms with van der Waals surface area (Å²) < 4.78 is 27.2. The molecule has 0 unspecified atom stereocenters. The van der Waals surface area contributed by atoms with Gasteiger partial charge in [-0.3, -0.25) is 9.10 Å². The van der Waals surface area contributed by atoms with Crippen LogP contribution in [0, 0.1) is 6.92 Å². The van der Waals surface area contributed by atoms with Crippen LogP contribution in [0.3, 0.4) is 0 Å². The molecule has 0 aliphatic heterocycles. The third-order valence-corrected chi connectivity index (χ3v) is 6.72. The van der Waals surface area contributed by atoms with Crippen LogP contribution in [0.15, 0.2) is 77.7 Å². The molecular formula is C22H21ClN2O3S. The lowest BCUT2D eigenvalue weighted by Gasteiger charge is -2.22. The molecule has 5 nitrogen and oxygen atoms in total. The van der Waals surface area contributed by atoms with E-state index in [1.165, 1.54) is 7.05 Å². The zero-order valence-electron chi connectivity index (χ0n) is 16.1. The smallest absolute Gasteiger partial charge is 0.264 e. The number of hydrogen-bond donors (Lipinski definition) is 1. The molecule has 3 aromatic rings. The quantitative estimate of drug-likeness (QED) is 0.632. The zero-order chi connectivity index (χ0) is 21.0. The Balaban J connectivity index is 1.87. The Labute approximate surface area is 176 Å². The van der Waals surface area contributed by atoms with Gasteiger partial charge in [-0.1, -0.05) is 59.6 Å². The molecule has 0 saturated carbocycles. The van der Waals surface area contributed by atoms with Gasteiger partial charge in [0, 0.05) is 18.6 Å². The summed E-state index contributed by atoms with van der Waals surface area (Å²) in [6, 6.07) is 20.4. The van der Waals surface area contributed by atoms with Gasteiger partial charge in [-0.05, 0) is 42.8 Å². The molecule has 1 amide bonds. The fourth-order valence-electron chi connectivity index (χ4n) is 2.85. The van der Waals surface area contributed by atoms with E-state index >= 15 is 0 Å². The summed E-state index contributed by atoms with van der Waals surface area (Å²) >= 11 is 6.14. The zero-order valence-corrected chi connectivity index (χ0v) is 17.7. The number of rotatable bonds is 6. The van der Waals surface area contributed by atoms with E-state index in [9.17, 15) is 13.2 Å². The molecular weight excluding hydrogens is 408 g/mol. The molecule has 150 valence electrons. The molecule has 0 heterocycles. The summed E-state index contributed by atoms with van der Waals surface area (Å²) in [5, 5.41) is 3.36. The molecule has 29 heavy (non-hydrogen) atoms. The molecule has 0 aliphatic carbocycles. The van der Waals surface area contributed by atoms with Crippen LogP contribution < -0.4 is 9.62 Å². The molecule has 3 rings (SSSR count). The van der Waals surface area contributed by atoms with E-state index in [4.69, 9.17) is 11.6 Å². The number of carbonyl (C=O) groups is 1. The van der Waals surface area contributed by atoms with E-state index in [0.29, 0.717) is 10.7 Å². The number of nitrogens with one attached hydrogen (secondary N) is 1. The molecule has 3 aromatic carbocycles. The molecule has 0 saturated heterocycles. The van der Waals surface area contributed by atoms with Crippen molar-refractivity contribution >= 4 is 33.2 Å². The van der Waals surface area contributed by atoms with E-state index < -0.39 is 10.0 Å². The summed E-state index contributed by atoms with van der Waals surface area (Å²) in [7, 11) is -2.37.